The van der Waals surface area contributed by atoms with Crippen molar-refractivity contribution in [3.63, 3.8) is 0 Å². The number of nitrogens with one attached hydrogen (secondary N) is 1. The lowest BCUT2D eigenvalue weighted by molar-refractivity contribution is -0.126. The molecule has 1 atom stereocenters. The minimum atomic E-state index is -0.0686. The Morgan fingerprint density at radius 3 is 2.75 bits per heavy atom. The van der Waals surface area contributed by atoms with E-state index in [0.717, 1.165) is 44.0 Å². The Morgan fingerprint density at radius 2 is 1.96 bits per heavy atom. The highest BCUT2D eigenvalue weighted by Gasteiger charge is 2.25. The number of nitrogens with zero attached hydrogens (tertiary/aromatic N) is 1. The monoisotopic (exact) mass is 325 g/mol. The van der Waals surface area contributed by atoms with Crippen LogP contribution in [0.3, 0.4) is 0 Å². The van der Waals surface area contributed by atoms with Crippen LogP contribution in [0.1, 0.15) is 18.4 Å². The Bertz CT molecular complexity index is 675. The molecule has 2 aromatic rings. The first-order chi connectivity index (χ1) is 11.7. The highest BCUT2D eigenvalue weighted by Crippen LogP contribution is 2.24. The Hall–Kier alpha value is -2.37. The fourth-order valence-electron chi connectivity index (χ4n) is 3.12. The lowest BCUT2D eigenvalue weighted by Crippen LogP contribution is -2.44. The quantitative estimate of drug-likeness (QED) is 0.504. The van der Waals surface area contributed by atoms with Crippen LogP contribution in [0.4, 0.5) is 0 Å². The van der Waals surface area contributed by atoms with Gasteiger partial charge in [0.15, 0.2) is 0 Å². The number of ether oxygens (including phenoxy) is 1. The van der Waals surface area contributed by atoms with Gasteiger partial charge in [-0.25, -0.2) is 5.84 Å². The average molecular weight is 325 g/mol. The molecule has 1 amide bonds. The summed E-state index contributed by atoms with van der Waals surface area (Å²) in [4.78, 5) is 14.0. The zero-order chi connectivity index (χ0) is 16.8. The molecule has 126 valence electrons. The van der Waals surface area contributed by atoms with Gasteiger partial charge in [0.1, 0.15) is 11.5 Å². The second-order valence-corrected chi connectivity index (χ2v) is 6.15. The number of carbonyl (C=O) groups excluding carboxylic acids is 1. The van der Waals surface area contributed by atoms with Gasteiger partial charge in [-0.05, 0) is 49.2 Å². The van der Waals surface area contributed by atoms with Crippen molar-refractivity contribution in [2.45, 2.75) is 19.4 Å². The van der Waals surface area contributed by atoms with Crippen LogP contribution < -0.4 is 16.0 Å². The molecule has 0 aromatic heterocycles. The van der Waals surface area contributed by atoms with Crippen LogP contribution in [0.25, 0.3) is 0 Å². The number of rotatable bonds is 5. The zero-order valence-corrected chi connectivity index (χ0v) is 13.7. The summed E-state index contributed by atoms with van der Waals surface area (Å²) in [5.41, 5.74) is 3.45. The summed E-state index contributed by atoms with van der Waals surface area (Å²) >= 11 is 0. The van der Waals surface area contributed by atoms with Gasteiger partial charge in [-0.3, -0.25) is 15.1 Å². The van der Waals surface area contributed by atoms with Gasteiger partial charge in [0.25, 0.3) is 0 Å². The molecule has 0 aliphatic carbocycles. The predicted octanol–water partition coefficient (Wildman–Crippen LogP) is 2.68. The van der Waals surface area contributed by atoms with Crippen LogP contribution in [0, 0.1) is 5.92 Å². The summed E-state index contributed by atoms with van der Waals surface area (Å²) < 4.78 is 5.89. The topological polar surface area (TPSA) is 67.6 Å². The number of carbonyl (C=O) groups is 1. The summed E-state index contributed by atoms with van der Waals surface area (Å²) in [6, 6.07) is 17.8. The molecule has 2 aromatic carbocycles. The van der Waals surface area contributed by atoms with Gasteiger partial charge < -0.3 is 4.74 Å². The Kier molecular flexibility index (Phi) is 5.46. The lowest BCUT2D eigenvalue weighted by atomic mass is 9.97. The molecule has 3 rings (SSSR count). The van der Waals surface area contributed by atoms with E-state index >= 15 is 0 Å². The molecule has 5 nitrogen and oxygen atoms in total. The normalized spacial score (nSPS) is 18.1. The van der Waals surface area contributed by atoms with Gasteiger partial charge in [0.05, 0.1) is 5.92 Å². The number of amides is 1. The SMILES string of the molecule is NNC(=O)[C@H]1CCCN(Cc2cccc(Oc3ccccc3)c2)C1. The van der Waals surface area contributed by atoms with Crippen molar-refractivity contribution in [3.8, 4) is 11.5 Å². The smallest absolute Gasteiger partial charge is 0.238 e. The maximum absolute atomic E-state index is 11.7. The number of nitrogens with two attached hydrogens (primary N) is 1. The highest BCUT2D eigenvalue weighted by molar-refractivity contribution is 5.78. The van der Waals surface area contributed by atoms with E-state index in [4.69, 9.17) is 10.6 Å². The minimum Gasteiger partial charge on any atom is -0.457 e. The number of benzene rings is 2. The molecule has 0 spiro atoms. The van der Waals surface area contributed by atoms with Crippen LogP contribution in [-0.4, -0.2) is 23.9 Å². The van der Waals surface area contributed by atoms with E-state index in [0.29, 0.717) is 0 Å². The Balaban J connectivity index is 1.63. The largest absolute Gasteiger partial charge is 0.457 e. The van der Waals surface area contributed by atoms with Crippen LogP contribution in [0.5, 0.6) is 11.5 Å². The number of likely N-dealkylation sites (tertiary alicyclic amines) is 1. The minimum absolute atomic E-state index is 0.0208. The summed E-state index contributed by atoms with van der Waals surface area (Å²) in [5.74, 6) is 6.82. The van der Waals surface area contributed by atoms with E-state index in [1.807, 2.05) is 42.5 Å². The molecular formula is C19H23N3O2. The van der Waals surface area contributed by atoms with Gasteiger partial charge in [-0.2, -0.15) is 0 Å². The molecule has 0 bridgehead atoms. The summed E-state index contributed by atoms with van der Waals surface area (Å²) in [5, 5.41) is 0. The second kappa shape index (κ2) is 7.95. The number of hydrazine groups is 1. The van der Waals surface area contributed by atoms with E-state index in [-0.39, 0.29) is 11.8 Å². The maximum Gasteiger partial charge on any atom is 0.238 e. The molecule has 0 saturated carbocycles. The third kappa shape index (κ3) is 4.34. The highest BCUT2D eigenvalue weighted by atomic mass is 16.5. The first-order valence-corrected chi connectivity index (χ1v) is 8.29. The van der Waals surface area contributed by atoms with Crippen molar-refractivity contribution in [1.82, 2.24) is 10.3 Å². The average Bonchev–Trinajstić information content (AvgIpc) is 2.62. The van der Waals surface area contributed by atoms with E-state index in [9.17, 15) is 4.79 Å². The molecule has 1 heterocycles. The van der Waals surface area contributed by atoms with Crippen molar-refractivity contribution >= 4 is 5.91 Å². The van der Waals surface area contributed by atoms with Crippen molar-refractivity contribution < 1.29 is 9.53 Å². The molecule has 1 fully saturated rings. The zero-order valence-electron chi connectivity index (χ0n) is 13.7. The van der Waals surface area contributed by atoms with E-state index in [1.165, 1.54) is 5.56 Å². The summed E-state index contributed by atoms with van der Waals surface area (Å²) in [7, 11) is 0. The number of piperidine rings is 1. The number of hydrogen-bond acceptors (Lipinski definition) is 4. The first-order valence-electron chi connectivity index (χ1n) is 8.29. The van der Waals surface area contributed by atoms with Crippen molar-refractivity contribution in [1.29, 1.82) is 0 Å². The molecule has 5 heteroatoms. The van der Waals surface area contributed by atoms with Crippen LogP contribution in [0.2, 0.25) is 0 Å². The van der Waals surface area contributed by atoms with E-state index < -0.39 is 0 Å². The van der Waals surface area contributed by atoms with E-state index in [1.54, 1.807) is 0 Å². The van der Waals surface area contributed by atoms with Gasteiger partial charge in [-0.1, -0.05) is 30.3 Å². The maximum atomic E-state index is 11.7. The van der Waals surface area contributed by atoms with Gasteiger partial charge in [0, 0.05) is 13.1 Å². The third-order valence-electron chi connectivity index (χ3n) is 4.30. The lowest BCUT2D eigenvalue weighted by Gasteiger charge is -2.31. The number of para-hydroxylation sites is 1. The molecule has 24 heavy (non-hydrogen) atoms. The van der Waals surface area contributed by atoms with Gasteiger partial charge in [0.2, 0.25) is 5.91 Å². The Labute approximate surface area is 142 Å². The van der Waals surface area contributed by atoms with Crippen molar-refractivity contribution in [2.75, 3.05) is 13.1 Å². The third-order valence-corrected chi connectivity index (χ3v) is 4.30. The molecule has 1 aliphatic rings. The Morgan fingerprint density at radius 1 is 1.17 bits per heavy atom. The van der Waals surface area contributed by atoms with Crippen LogP contribution in [0.15, 0.2) is 54.6 Å². The molecule has 1 aliphatic heterocycles. The first kappa shape index (κ1) is 16.5. The standard InChI is InChI=1S/C19H23N3O2/c20-21-19(23)16-7-5-11-22(14-16)13-15-6-4-10-18(12-15)24-17-8-2-1-3-9-17/h1-4,6,8-10,12,16H,5,7,11,13-14,20H2,(H,21,23)/t16-/m0/s1. The van der Waals surface area contributed by atoms with Gasteiger partial charge in [-0.15, -0.1) is 0 Å². The van der Waals surface area contributed by atoms with Crippen LogP contribution >= 0.6 is 0 Å². The predicted molar refractivity (Wildman–Crippen MR) is 93.3 cm³/mol. The second-order valence-electron chi connectivity index (χ2n) is 6.15. The number of hydrogen-bond donors (Lipinski definition) is 2. The molecular weight excluding hydrogens is 302 g/mol. The molecule has 0 unspecified atom stereocenters. The summed E-state index contributed by atoms with van der Waals surface area (Å²) in [6.07, 6.45) is 1.91. The summed E-state index contributed by atoms with van der Waals surface area (Å²) in [6.45, 7) is 2.55. The molecule has 1 saturated heterocycles. The van der Waals surface area contributed by atoms with Gasteiger partial charge >= 0.3 is 0 Å². The fourth-order valence-corrected chi connectivity index (χ4v) is 3.12. The fraction of sp³-hybridized carbons (Fsp3) is 0.316. The van der Waals surface area contributed by atoms with Crippen LogP contribution in [-0.2, 0) is 11.3 Å². The van der Waals surface area contributed by atoms with Crippen molar-refractivity contribution in [3.05, 3.63) is 60.2 Å². The molecule has 3 N–H and O–H groups in total. The van der Waals surface area contributed by atoms with E-state index in [2.05, 4.69) is 22.5 Å². The molecule has 0 radical (unpaired) electrons. The van der Waals surface area contributed by atoms with Crippen molar-refractivity contribution in [2.24, 2.45) is 11.8 Å².